The third-order valence-corrected chi connectivity index (χ3v) is 2.47. The summed E-state index contributed by atoms with van der Waals surface area (Å²) in [7, 11) is 1.20. The second-order valence-corrected chi connectivity index (χ2v) is 4.26. The monoisotopic (exact) mass is 304 g/mol. The molecular formula is C15H16N2O5. The summed E-state index contributed by atoms with van der Waals surface area (Å²) in [5.74, 6) is 3.63. The first-order valence-corrected chi connectivity index (χ1v) is 6.30. The fourth-order valence-electron chi connectivity index (χ4n) is 1.74. The lowest BCUT2D eigenvalue weighted by molar-refractivity contribution is -0.115. The molecule has 22 heavy (non-hydrogen) atoms. The highest BCUT2D eigenvalue weighted by atomic mass is 16.5. The van der Waals surface area contributed by atoms with E-state index in [9.17, 15) is 14.4 Å². The van der Waals surface area contributed by atoms with Crippen LogP contribution >= 0.6 is 0 Å². The number of hydrogen-bond donors (Lipinski definition) is 3. The van der Waals surface area contributed by atoms with E-state index in [2.05, 4.69) is 27.2 Å². The SMILES string of the molecule is COC(=O)c1cc(NC(C)=O)cc(NC(C)=O)c1C#CCO. The Morgan fingerprint density at radius 3 is 2.32 bits per heavy atom. The third kappa shape index (κ3) is 4.61. The number of aliphatic hydroxyl groups is 1. The van der Waals surface area contributed by atoms with Gasteiger partial charge in [0, 0.05) is 19.5 Å². The van der Waals surface area contributed by atoms with Crippen LogP contribution in [0.3, 0.4) is 0 Å². The van der Waals surface area contributed by atoms with E-state index in [1.807, 2.05) is 0 Å². The Balaban J connectivity index is 3.55. The van der Waals surface area contributed by atoms with Crippen LogP contribution in [0.15, 0.2) is 12.1 Å². The average molecular weight is 304 g/mol. The summed E-state index contributed by atoms with van der Waals surface area (Å²) in [6, 6.07) is 2.86. The van der Waals surface area contributed by atoms with Gasteiger partial charge < -0.3 is 20.5 Å². The van der Waals surface area contributed by atoms with Gasteiger partial charge in [0.2, 0.25) is 11.8 Å². The van der Waals surface area contributed by atoms with Gasteiger partial charge in [-0.2, -0.15) is 0 Å². The van der Waals surface area contributed by atoms with E-state index in [-0.39, 0.29) is 28.6 Å². The van der Waals surface area contributed by atoms with Crippen LogP contribution in [0.4, 0.5) is 11.4 Å². The maximum atomic E-state index is 11.9. The number of rotatable bonds is 3. The number of nitrogens with one attached hydrogen (secondary N) is 2. The molecule has 3 N–H and O–H groups in total. The van der Waals surface area contributed by atoms with Crippen molar-refractivity contribution in [3.05, 3.63) is 23.3 Å². The normalized spacial score (nSPS) is 9.27. The first-order valence-electron chi connectivity index (χ1n) is 6.30. The Bertz CT molecular complexity index is 670. The number of amides is 2. The van der Waals surface area contributed by atoms with Crippen LogP contribution in [-0.4, -0.2) is 36.6 Å². The Morgan fingerprint density at radius 2 is 1.82 bits per heavy atom. The highest BCUT2D eigenvalue weighted by molar-refractivity contribution is 6.01. The maximum absolute atomic E-state index is 11.9. The van der Waals surface area contributed by atoms with Crippen molar-refractivity contribution in [3.8, 4) is 11.8 Å². The van der Waals surface area contributed by atoms with Gasteiger partial charge in [0.05, 0.1) is 23.9 Å². The minimum Gasteiger partial charge on any atom is -0.465 e. The summed E-state index contributed by atoms with van der Waals surface area (Å²) in [6.45, 7) is 2.20. The number of hydrogen-bond acceptors (Lipinski definition) is 5. The number of carbonyl (C=O) groups is 3. The van der Waals surface area contributed by atoms with E-state index in [0.29, 0.717) is 5.69 Å². The van der Waals surface area contributed by atoms with Crippen molar-refractivity contribution in [2.24, 2.45) is 0 Å². The van der Waals surface area contributed by atoms with E-state index in [4.69, 9.17) is 5.11 Å². The molecule has 0 saturated heterocycles. The number of methoxy groups -OCH3 is 1. The highest BCUT2D eigenvalue weighted by Gasteiger charge is 2.17. The van der Waals surface area contributed by atoms with Crippen LogP contribution in [0.2, 0.25) is 0 Å². The van der Waals surface area contributed by atoms with Gasteiger partial charge >= 0.3 is 5.97 Å². The van der Waals surface area contributed by atoms with E-state index in [0.717, 1.165) is 0 Å². The summed E-state index contributed by atoms with van der Waals surface area (Å²) in [4.78, 5) is 34.4. The van der Waals surface area contributed by atoms with Gasteiger partial charge in [0.25, 0.3) is 0 Å². The molecule has 2 amide bonds. The molecule has 0 aromatic heterocycles. The number of carbonyl (C=O) groups excluding carboxylic acids is 3. The third-order valence-electron chi connectivity index (χ3n) is 2.47. The average Bonchev–Trinajstić information content (AvgIpc) is 2.43. The lowest BCUT2D eigenvalue weighted by Gasteiger charge is -2.13. The predicted octanol–water partition coefficient (Wildman–Crippen LogP) is 0.734. The fourth-order valence-corrected chi connectivity index (χ4v) is 1.74. The number of aliphatic hydroxyl groups excluding tert-OH is 1. The first kappa shape index (κ1) is 17.2. The number of benzene rings is 1. The summed E-state index contributed by atoms with van der Waals surface area (Å²) in [6.07, 6.45) is 0. The van der Waals surface area contributed by atoms with Crippen molar-refractivity contribution in [1.29, 1.82) is 0 Å². The Hall–Kier alpha value is -2.85. The van der Waals surface area contributed by atoms with Gasteiger partial charge in [0.1, 0.15) is 6.61 Å². The molecular weight excluding hydrogens is 288 g/mol. The highest BCUT2D eigenvalue weighted by Crippen LogP contribution is 2.26. The molecule has 1 aromatic rings. The zero-order valence-corrected chi connectivity index (χ0v) is 12.4. The fraction of sp³-hybridized carbons (Fsp3) is 0.267. The topological polar surface area (TPSA) is 105 Å². The molecule has 0 spiro atoms. The molecule has 0 fully saturated rings. The number of ether oxygens (including phenoxy) is 1. The molecule has 7 heteroatoms. The van der Waals surface area contributed by atoms with Crippen LogP contribution in [0.1, 0.15) is 29.8 Å². The molecule has 0 bridgehead atoms. The molecule has 0 unspecified atom stereocenters. The summed E-state index contributed by atoms with van der Waals surface area (Å²) in [5.41, 5.74) is 0.815. The van der Waals surface area contributed by atoms with Gasteiger partial charge in [-0.25, -0.2) is 4.79 Å². The smallest absolute Gasteiger partial charge is 0.339 e. The number of anilines is 2. The van der Waals surface area contributed by atoms with Crippen LogP contribution in [0, 0.1) is 11.8 Å². The number of esters is 1. The van der Waals surface area contributed by atoms with Gasteiger partial charge in [-0.3, -0.25) is 9.59 Å². The molecule has 7 nitrogen and oxygen atoms in total. The lowest BCUT2D eigenvalue weighted by Crippen LogP contribution is -2.14. The summed E-state index contributed by atoms with van der Waals surface area (Å²) >= 11 is 0. The zero-order valence-electron chi connectivity index (χ0n) is 12.4. The van der Waals surface area contributed by atoms with Gasteiger partial charge in [-0.15, -0.1) is 0 Å². The van der Waals surface area contributed by atoms with Crippen molar-refractivity contribution < 1.29 is 24.2 Å². The zero-order chi connectivity index (χ0) is 16.7. The molecule has 0 heterocycles. The van der Waals surface area contributed by atoms with Crippen LogP contribution in [0.25, 0.3) is 0 Å². The van der Waals surface area contributed by atoms with Crippen LogP contribution in [-0.2, 0) is 14.3 Å². The first-order chi connectivity index (χ1) is 10.4. The van der Waals surface area contributed by atoms with E-state index < -0.39 is 12.6 Å². The van der Waals surface area contributed by atoms with Crippen LogP contribution < -0.4 is 10.6 Å². The molecule has 0 saturated carbocycles. The summed E-state index contributed by atoms with van der Waals surface area (Å²) < 4.78 is 4.68. The minimum atomic E-state index is -0.680. The van der Waals surface area contributed by atoms with Crippen molar-refractivity contribution in [3.63, 3.8) is 0 Å². The molecule has 1 aromatic carbocycles. The molecule has 0 aliphatic rings. The molecule has 0 atom stereocenters. The van der Waals surface area contributed by atoms with Gasteiger partial charge in [0.15, 0.2) is 0 Å². The van der Waals surface area contributed by atoms with Crippen molar-refractivity contribution in [1.82, 2.24) is 0 Å². The second kappa shape index (κ2) is 7.81. The van der Waals surface area contributed by atoms with E-state index in [1.165, 1.54) is 33.1 Å². The van der Waals surface area contributed by atoms with Gasteiger partial charge in [-0.1, -0.05) is 11.8 Å². The quantitative estimate of drug-likeness (QED) is 0.564. The van der Waals surface area contributed by atoms with Crippen molar-refractivity contribution in [2.45, 2.75) is 13.8 Å². The largest absolute Gasteiger partial charge is 0.465 e. The standard InChI is InChI=1S/C15H16N2O5/c1-9(19)16-11-7-13(15(21)22-3)12(5-4-6-18)14(8-11)17-10(2)20/h7-8,18H,6H2,1-3H3,(H,16,19)(H,17,20). The molecule has 0 aliphatic heterocycles. The van der Waals surface area contributed by atoms with Crippen molar-refractivity contribution >= 4 is 29.2 Å². The molecule has 0 aliphatic carbocycles. The molecule has 1 rings (SSSR count). The Morgan fingerprint density at radius 1 is 1.18 bits per heavy atom. The molecule has 116 valence electrons. The lowest BCUT2D eigenvalue weighted by atomic mass is 10.0. The predicted molar refractivity (Wildman–Crippen MR) is 80.4 cm³/mol. The van der Waals surface area contributed by atoms with Crippen molar-refractivity contribution in [2.75, 3.05) is 24.4 Å². The van der Waals surface area contributed by atoms with Gasteiger partial charge in [-0.05, 0) is 12.1 Å². The Labute approximate surface area is 127 Å². The second-order valence-electron chi connectivity index (χ2n) is 4.26. The Kier molecular flexibility index (Phi) is 6.10. The molecule has 0 radical (unpaired) electrons. The van der Waals surface area contributed by atoms with E-state index in [1.54, 1.807) is 0 Å². The van der Waals surface area contributed by atoms with Crippen LogP contribution in [0.5, 0.6) is 0 Å². The maximum Gasteiger partial charge on any atom is 0.339 e. The summed E-state index contributed by atoms with van der Waals surface area (Å²) in [5, 5.41) is 13.9. The van der Waals surface area contributed by atoms with E-state index >= 15 is 0 Å². The minimum absolute atomic E-state index is 0.0680.